The van der Waals surface area contributed by atoms with Gasteiger partial charge in [-0.3, -0.25) is 9.59 Å². The number of halogens is 3. The summed E-state index contributed by atoms with van der Waals surface area (Å²) in [7, 11) is 0. The smallest absolute Gasteiger partial charge is 0.196 e. The van der Waals surface area contributed by atoms with Crippen LogP contribution in [0.5, 0.6) is 0 Å². The number of carbonyl (C=O) groups is 2. The minimum Gasteiger partial charge on any atom is -0.313 e. The van der Waals surface area contributed by atoms with E-state index in [0.29, 0.717) is 27.0 Å². The van der Waals surface area contributed by atoms with E-state index in [4.69, 9.17) is 34.8 Å². The molecule has 3 rings (SSSR count). The van der Waals surface area contributed by atoms with E-state index in [1.165, 1.54) is 0 Å². The molecular weight excluding hydrogens is 369 g/mol. The van der Waals surface area contributed by atoms with Crippen LogP contribution in [0.3, 0.4) is 0 Å². The molecule has 0 aliphatic rings. The summed E-state index contributed by atoms with van der Waals surface area (Å²) < 4.78 is 1.62. The van der Waals surface area contributed by atoms with E-state index in [1.807, 2.05) is 0 Å². The van der Waals surface area contributed by atoms with Gasteiger partial charge >= 0.3 is 0 Å². The molecule has 3 aromatic rings. The topological polar surface area (TPSA) is 39.1 Å². The summed E-state index contributed by atoms with van der Waals surface area (Å²) in [6, 6.07) is 13.1. The Morgan fingerprint density at radius 1 is 0.958 bits per heavy atom. The van der Waals surface area contributed by atoms with Crippen molar-refractivity contribution in [1.82, 2.24) is 4.57 Å². The molecule has 120 valence electrons. The maximum Gasteiger partial charge on any atom is 0.196 e. The van der Waals surface area contributed by atoms with Gasteiger partial charge in [-0.05, 0) is 42.5 Å². The number of hydrogen-bond donors (Lipinski definition) is 0. The van der Waals surface area contributed by atoms with Crippen LogP contribution < -0.4 is 0 Å². The Kier molecular flexibility index (Phi) is 4.76. The van der Waals surface area contributed by atoms with Gasteiger partial charge in [-0.2, -0.15) is 0 Å². The van der Waals surface area contributed by atoms with E-state index in [2.05, 4.69) is 0 Å². The van der Waals surface area contributed by atoms with Crippen LogP contribution in [0.2, 0.25) is 15.1 Å². The van der Waals surface area contributed by atoms with Crippen LogP contribution in [0, 0.1) is 0 Å². The van der Waals surface area contributed by atoms with Gasteiger partial charge in [-0.25, -0.2) is 0 Å². The molecular formula is C18H10Cl3NO2. The SMILES string of the molecule is O=Cc1cccn1-c1ccc(Cl)cc1C(=O)c1cccc(Cl)c1Cl. The second kappa shape index (κ2) is 6.81. The van der Waals surface area contributed by atoms with Crippen LogP contribution >= 0.6 is 34.8 Å². The van der Waals surface area contributed by atoms with Crippen LogP contribution in [0.15, 0.2) is 54.7 Å². The second-order valence-electron chi connectivity index (χ2n) is 5.01. The molecule has 0 radical (unpaired) electrons. The lowest BCUT2D eigenvalue weighted by Gasteiger charge is -2.13. The number of aromatic nitrogens is 1. The lowest BCUT2D eigenvalue weighted by molar-refractivity contribution is 0.103. The zero-order valence-electron chi connectivity index (χ0n) is 12.2. The molecule has 0 fully saturated rings. The lowest BCUT2D eigenvalue weighted by Crippen LogP contribution is -2.09. The van der Waals surface area contributed by atoms with Crippen LogP contribution in [0.1, 0.15) is 26.4 Å². The van der Waals surface area contributed by atoms with Gasteiger partial charge in [0.05, 0.1) is 21.4 Å². The average Bonchev–Trinajstić information content (AvgIpc) is 3.05. The predicted molar refractivity (Wildman–Crippen MR) is 96.1 cm³/mol. The van der Waals surface area contributed by atoms with Crippen LogP contribution in [-0.4, -0.2) is 16.6 Å². The highest BCUT2D eigenvalue weighted by atomic mass is 35.5. The summed E-state index contributed by atoms with van der Waals surface area (Å²) in [6.45, 7) is 0. The summed E-state index contributed by atoms with van der Waals surface area (Å²) >= 11 is 18.2. The van der Waals surface area contributed by atoms with Crippen molar-refractivity contribution in [2.45, 2.75) is 0 Å². The normalized spacial score (nSPS) is 10.6. The largest absolute Gasteiger partial charge is 0.313 e. The molecule has 0 saturated heterocycles. The van der Waals surface area contributed by atoms with Gasteiger partial charge in [-0.1, -0.05) is 40.9 Å². The molecule has 0 aliphatic heterocycles. The van der Waals surface area contributed by atoms with Crippen molar-refractivity contribution in [3.8, 4) is 5.69 Å². The van der Waals surface area contributed by atoms with Crippen LogP contribution in [0.4, 0.5) is 0 Å². The van der Waals surface area contributed by atoms with E-state index < -0.39 is 0 Å². The summed E-state index contributed by atoms with van der Waals surface area (Å²) in [5.41, 5.74) is 1.55. The average molecular weight is 379 g/mol. The molecule has 1 aromatic heterocycles. The molecule has 0 spiro atoms. The molecule has 0 atom stereocenters. The van der Waals surface area contributed by atoms with Gasteiger partial charge in [0.1, 0.15) is 0 Å². The fourth-order valence-electron chi connectivity index (χ4n) is 2.43. The number of aldehydes is 1. The fourth-order valence-corrected chi connectivity index (χ4v) is 2.99. The highest BCUT2D eigenvalue weighted by molar-refractivity contribution is 6.44. The summed E-state index contributed by atoms with van der Waals surface area (Å²) in [5, 5.41) is 0.874. The summed E-state index contributed by atoms with van der Waals surface area (Å²) in [6.07, 6.45) is 2.42. The van der Waals surface area contributed by atoms with Crippen molar-refractivity contribution >= 4 is 46.9 Å². The standard InChI is InChI=1S/C18H10Cl3NO2/c19-11-6-7-16(22-8-2-3-12(22)10-23)14(9-11)18(24)13-4-1-5-15(20)17(13)21/h1-10H. The van der Waals surface area contributed by atoms with Crippen molar-refractivity contribution in [3.05, 3.63) is 86.6 Å². The molecule has 0 aliphatic carbocycles. The first kappa shape index (κ1) is 16.8. The monoisotopic (exact) mass is 377 g/mol. The number of hydrogen-bond acceptors (Lipinski definition) is 2. The third-order valence-corrected chi connectivity index (χ3v) is 4.61. The molecule has 1 heterocycles. The number of ketones is 1. The summed E-state index contributed by atoms with van der Waals surface area (Å²) in [5.74, 6) is -0.328. The first-order chi connectivity index (χ1) is 11.5. The number of nitrogens with zero attached hydrogens (tertiary/aromatic N) is 1. The molecule has 0 unspecified atom stereocenters. The Hall–Kier alpha value is -2.07. The van der Waals surface area contributed by atoms with E-state index in [9.17, 15) is 9.59 Å². The molecule has 3 nitrogen and oxygen atoms in total. The Morgan fingerprint density at radius 2 is 1.75 bits per heavy atom. The Balaban J connectivity index is 2.21. The van der Waals surface area contributed by atoms with Crippen LogP contribution in [0.25, 0.3) is 5.69 Å². The van der Waals surface area contributed by atoms with Gasteiger partial charge < -0.3 is 4.57 Å². The number of rotatable bonds is 4. The lowest BCUT2D eigenvalue weighted by atomic mass is 10.0. The third-order valence-electron chi connectivity index (χ3n) is 3.56. The van der Waals surface area contributed by atoms with Gasteiger partial charge in [-0.15, -0.1) is 0 Å². The van der Waals surface area contributed by atoms with Crippen molar-refractivity contribution in [3.63, 3.8) is 0 Å². The van der Waals surface area contributed by atoms with Gasteiger partial charge in [0.2, 0.25) is 0 Å². The first-order valence-corrected chi connectivity index (χ1v) is 8.07. The maximum atomic E-state index is 13.0. The minimum atomic E-state index is -0.328. The maximum absolute atomic E-state index is 13.0. The second-order valence-corrected chi connectivity index (χ2v) is 6.23. The van der Waals surface area contributed by atoms with Crippen molar-refractivity contribution in [2.75, 3.05) is 0 Å². The van der Waals surface area contributed by atoms with Crippen molar-refractivity contribution in [1.29, 1.82) is 0 Å². The minimum absolute atomic E-state index is 0.179. The zero-order valence-corrected chi connectivity index (χ0v) is 14.4. The molecule has 0 N–H and O–H groups in total. The first-order valence-electron chi connectivity index (χ1n) is 6.94. The Labute approximate surface area is 153 Å². The van der Waals surface area contributed by atoms with E-state index >= 15 is 0 Å². The van der Waals surface area contributed by atoms with Gasteiger partial charge in [0.25, 0.3) is 0 Å². The number of carbonyl (C=O) groups excluding carboxylic acids is 2. The Bertz CT molecular complexity index is 947. The highest BCUT2D eigenvalue weighted by Crippen LogP contribution is 2.30. The van der Waals surface area contributed by atoms with Gasteiger partial charge in [0.15, 0.2) is 12.1 Å². The van der Waals surface area contributed by atoms with Crippen molar-refractivity contribution < 1.29 is 9.59 Å². The number of benzene rings is 2. The Morgan fingerprint density at radius 3 is 2.50 bits per heavy atom. The molecule has 6 heteroatoms. The van der Waals surface area contributed by atoms with E-state index in [-0.39, 0.29) is 16.4 Å². The highest BCUT2D eigenvalue weighted by Gasteiger charge is 2.20. The van der Waals surface area contributed by atoms with Gasteiger partial charge in [0, 0.05) is 22.3 Å². The van der Waals surface area contributed by atoms with E-state index in [0.717, 1.165) is 6.29 Å². The van der Waals surface area contributed by atoms with Crippen molar-refractivity contribution in [2.24, 2.45) is 0 Å². The van der Waals surface area contributed by atoms with E-state index in [1.54, 1.807) is 59.3 Å². The predicted octanol–water partition coefficient (Wildman–Crippen LogP) is 5.48. The molecule has 24 heavy (non-hydrogen) atoms. The summed E-state index contributed by atoms with van der Waals surface area (Å²) in [4.78, 5) is 24.2. The molecule has 0 saturated carbocycles. The third kappa shape index (κ3) is 2.98. The van der Waals surface area contributed by atoms with Crippen LogP contribution in [-0.2, 0) is 0 Å². The quantitative estimate of drug-likeness (QED) is 0.445. The zero-order chi connectivity index (χ0) is 17.3. The molecule has 0 amide bonds. The fraction of sp³-hybridized carbons (Fsp3) is 0. The molecule has 2 aromatic carbocycles. The molecule has 0 bridgehead atoms.